The number of piperidine rings is 1. The summed E-state index contributed by atoms with van der Waals surface area (Å²) in [5.41, 5.74) is 3.23. The molecule has 1 aliphatic rings. The van der Waals surface area contributed by atoms with Gasteiger partial charge in [-0.15, -0.1) is 0 Å². The summed E-state index contributed by atoms with van der Waals surface area (Å²) in [7, 11) is 0. The number of likely N-dealkylation sites (tertiary alicyclic amines) is 1. The van der Waals surface area contributed by atoms with Gasteiger partial charge in [-0.25, -0.2) is 9.18 Å². The number of aryl methyl sites for hydroxylation is 2. The summed E-state index contributed by atoms with van der Waals surface area (Å²) < 4.78 is 18.9. The van der Waals surface area contributed by atoms with Crippen LogP contribution in [0.4, 0.5) is 14.9 Å². The van der Waals surface area contributed by atoms with Crippen molar-refractivity contribution in [3.8, 4) is 11.4 Å². The Labute approximate surface area is 191 Å². The molecule has 1 atom stereocenters. The first-order chi connectivity index (χ1) is 15.9. The van der Waals surface area contributed by atoms with Gasteiger partial charge in [0.25, 0.3) is 0 Å². The van der Waals surface area contributed by atoms with Gasteiger partial charge in [0.15, 0.2) is 0 Å². The van der Waals surface area contributed by atoms with Crippen molar-refractivity contribution in [2.24, 2.45) is 0 Å². The molecule has 172 valence electrons. The second-order valence-electron chi connectivity index (χ2n) is 8.36. The van der Waals surface area contributed by atoms with E-state index in [0.29, 0.717) is 29.5 Å². The van der Waals surface area contributed by atoms with Gasteiger partial charge in [-0.05, 0) is 57.0 Å². The Morgan fingerprint density at radius 1 is 1.21 bits per heavy atom. The number of nitrogens with zero attached hydrogens (tertiary/aromatic N) is 3. The van der Waals surface area contributed by atoms with E-state index >= 15 is 0 Å². The summed E-state index contributed by atoms with van der Waals surface area (Å²) in [5.74, 6) is 0.0129. The lowest BCUT2D eigenvalue weighted by atomic mass is 9.98. The molecule has 1 saturated heterocycles. The smallest absolute Gasteiger partial charge is 0.325 e. The molecule has 1 aliphatic heterocycles. The molecule has 0 aliphatic carbocycles. The molecule has 9 heteroatoms. The highest BCUT2D eigenvalue weighted by atomic mass is 19.1. The van der Waals surface area contributed by atoms with Crippen molar-refractivity contribution in [1.82, 2.24) is 20.4 Å². The maximum atomic E-state index is 13.5. The third kappa shape index (κ3) is 5.81. The molecule has 0 bridgehead atoms. The topological polar surface area (TPSA) is 100 Å². The number of benzene rings is 2. The maximum Gasteiger partial charge on any atom is 0.325 e. The van der Waals surface area contributed by atoms with Gasteiger partial charge in [0.05, 0.1) is 12.5 Å². The molecule has 3 amide bonds. The first kappa shape index (κ1) is 22.6. The zero-order chi connectivity index (χ0) is 23.4. The molecule has 8 nitrogen and oxygen atoms in total. The molecule has 2 aromatic carbocycles. The van der Waals surface area contributed by atoms with Crippen LogP contribution >= 0.6 is 0 Å². The summed E-state index contributed by atoms with van der Waals surface area (Å²) in [4.78, 5) is 31.0. The lowest BCUT2D eigenvalue weighted by molar-refractivity contribution is -0.121. The van der Waals surface area contributed by atoms with Gasteiger partial charge in [0, 0.05) is 17.8 Å². The average molecular weight is 452 g/mol. The van der Waals surface area contributed by atoms with Crippen molar-refractivity contribution >= 4 is 17.6 Å². The van der Waals surface area contributed by atoms with Gasteiger partial charge in [0.1, 0.15) is 5.82 Å². The number of nitrogens with one attached hydrogen (secondary N) is 2. The molecule has 0 radical (unpaired) electrons. The number of halogens is 1. The van der Waals surface area contributed by atoms with Crippen molar-refractivity contribution in [2.75, 3.05) is 25.0 Å². The van der Waals surface area contributed by atoms with Crippen LogP contribution in [0, 0.1) is 19.7 Å². The summed E-state index contributed by atoms with van der Waals surface area (Å²) in [5, 5.41) is 9.08. The first-order valence-corrected chi connectivity index (χ1v) is 10.9. The van der Waals surface area contributed by atoms with E-state index < -0.39 is 6.03 Å². The van der Waals surface area contributed by atoms with Crippen LogP contribution < -0.4 is 10.6 Å². The zero-order valence-corrected chi connectivity index (χ0v) is 18.6. The largest absolute Gasteiger partial charge is 0.339 e. The van der Waals surface area contributed by atoms with E-state index in [9.17, 15) is 14.0 Å². The van der Waals surface area contributed by atoms with Gasteiger partial charge in [0.2, 0.25) is 17.6 Å². The standard InChI is InChI=1S/C24H26FN5O3/c1-15-8-9-20(16(2)11-15)26-24(32)27-21(31)14-30-10-4-6-18(13-30)23-28-22(29-33-23)17-5-3-7-19(25)12-17/h3,5,7-9,11-12,18H,4,6,10,13-14H2,1-2H3,(H2,26,27,31,32). The number of aromatic nitrogens is 2. The zero-order valence-electron chi connectivity index (χ0n) is 18.6. The van der Waals surface area contributed by atoms with Crippen LogP contribution in [0.2, 0.25) is 0 Å². The number of amides is 3. The van der Waals surface area contributed by atoms with E-state index in [1.165, 1.54) is 12.1 Å². The molecule has 0 saturated carbocycles. The number of imide groups is 1. The Morgan fingerprint density at radius 2 is 2.06 bits per heavy atom. The second kappa shape index (κ2) is 9.91. The van der Waals surface area contributed by atoms with Gasteiger partial charge in [-0.2, -0.15) is 4.98 Å². The normalized spacial score (nSPS) is 16.4. The number of rotatable bonds is 5. The van der Waals surface area contributed by atoms with Crippen LogP contribution in [-0.2, 0) is 4.79 Å². The molecule has 4 rings (SSSR count). The minimum atomic E-state index is -0.558. The predicted octanol–water partition coefficient (Wildman–Crippen LogP) is 4.02. The summed E-state index contributed by atoms with van der Waals surface area (Å²) in [6, 6.07) is 11.1. The molecule has 3 aromatic rings. The fourth-order valence-corrected chi connectivity index (χ4v) is 4.02. The van der Waals surface area contributed by atoms with E-state index in [0.717, 1.165) is 30.5 Å². The Morgan fingerprint density at radius 3 is 2.85 bits per heavy atom. The summed E-state index contributed by atoms with van der Waals surface area (Å²) in [6.45, 7) is 5.24. The van der Waals surface area contributed by atoms with E-state index in [1.807, 2.05) is 36.9 Å². The van der Waals surface area contributed by atoms with E-state index in [-0.39, 0.29) is 24.2 Å². The lowest BCUT2D eigenvalue weighted by Gasteiger charge is -2.30. The minimum absolute atomic E-state index is 0.0367. The van der Waals surface area contributed by atoms with Crippen molar-refractivity contribution in [3.63, 3.8) is 0 Å². The van der Waals surface area contributed by atoms with Gasteiger partial charge >= 0.3 is 6.03 Å². The van der Waals surface area contributed by atoms with Crippen LogP contribution in [0.3, 0.4) is 0 Å². The number of carbonyl (C=O) groups is 2. The third-order valence-corrected chi connectivity index (χ3v) is 5.63. The Balaban J connectivity index is 1.31. The van der Waals surface area contributed by atoms with Crippen LogP contribution in [0.5, 0.6) is 0 Å². The lowest BCUT2D eigenvalue weighted by Crippen LogP contribution is -2.44. The van der Waals surface area contributed by atoms with E-state index in [4.69, 9.17) is 4.52 Å². The fourth-order valence-electron chi connectivity index (χ4n) is 4.02. The molecule has 1 unspecified atom stereocenters. The number of hydrogen-bond donors (Lipinski definition) is 2. The van der Waals surface area contributed by atoms with E-state index in [1.54, 1.807) is 12.1 Å². The SMILES string of the molecule is Cc1ccc(NC(=O)NC(=O)CN2CCCC(c3nc(-c4cccc(F)c4)no3)C2)c(C)c1. The molecule has 2 N–H and O–H groups in total. The Bertz CT molecular complexity index is 1160. The number of carbonyl (C=O) groups excluding carboxylic acids is 2. The van der Waals surface area contributed by atoms with Crippen molar-refractivity contribution < 1.29 is 18.5 Å². The predicted molar refractivity (Wildman–Crippen MR) is 121 cm³/mol. The third-order valence-electron chi connectivity index (χ3n) is 5.63. The molecular weight excluding hydrogens is 425 g/mol. The molecule has 0 spiro atoms. The molecule has 2 heterocycles. The highest BCUT2D eigenvalue weighted by molar-refractivity contribution is 6.02. The van der Waals surface area contributed by atoms with Crippen LogP contribution in [0.1, 0.15) is 35.8 Å². The van der Waals surface area contributed by atoms with Crippen molar-refractivity contribution in [1.29, 1.82) is 0 Å². The number of hydrogen-bond acceptors (Lipinski definition) is 6. The van der Waals surface area contributed by atoms with Gasteiger partial charge in [-0.1, -0.05) is 35.0 Å². The van der Waals surface area contributed by atoms with Crippen molar-refractivity contribution in [2.45, 2.75) is 32.6 Å². The number of urea groups is 1. The average Bonchev–Trinajstić information content (AvgIpc) is 3.26. The molecule has 1 fully saturated rings. The van der Waals surface area contributed by atoms with Gasteiger partial charge < -0.3 is 9.84 Å². The molecular formula is C24H26FN5O3. The first-order valence-electron chi connectivity index (χ1n) is 10.9. The maximum absolute atomic E-state index is 13.5. The van der Waals surface area contributed by atoms with Gasteiger partial charge in [-0.3, -0.25) is 15.0 Å². The molecule has 1 aromatic heterocycles. The van der Waals surface area contributed by atoms with Crippen LogP contribution in [-0.4, -0.2) is 46.6 Å². The Kier molecular flexibility index (Phi) is 6.79. The second-order valence-corrected chi connectivity index (χ2v) is 8.36. The number of anilines is 1. The summed E-state index contributed by atoms with van der Waals surface area (Å²) >= 11 is 0. The van der Waals surface area contributed by atoms with E-state index in [2.05, 4.69) is 20.8 Å². The summed E-state index contributed by atoms with van der Waals surface area (Å²) in [6.07, 6.45) is 1.69. The van der Waals surface area contributed by atoms with Crippen molar-refractivity contribution in [3.05, 3.63) is 65.3 Å². The monoisotopic (exact) mass is 451 g/mol. The highest BCUT2D eigenvalue weighted by Crippen LogP contribution is 2.27. The Hall–Kier alpha value is -3.59. The van der Waals surface area contributed by atoms with Crippen LogP contribution in [0.25, 0.3) is 11.4 Å². The molecule has 33 heavy (non-hydrogen) atoms. The highest BCUT2D eigenvalue weighted by Gasteiger charge is 2.27. The quantitative estimate of drug-likeness (QED) is 0.608. The van der Waals surface area contributed by atoms with Crippen LogP contribution in [0.15, 0.2) is 47.0 Å². The fraction of sp³-hybridized carbons (Fsp3) is 0.333. The minimum Gasteiger partial charge on any atom is -0.339 e.